The number of phenols is 3. The minimum absolute atomic E-state index is 0.241. The summed E-state index contributed by atoms with van der Waals surface area (Å²) >= 11 is 0. The summed E-state index contributed by atoms with van der Waals surface area (Å²) in [5.41, 5.74) is 8.54. The lowest BCUT2D eigenvalue weighted by molar-refractivity contribution is 0.310. The predicted octanol–water partition coefficient (Wildman–Crippen LogP) is 10.4. The molecule has 1 saturated carbocycles. The third-order valence-corrected chi connectivity index (χ3v) is 9.60. The van der Waals surface area contributed by atoms with Crippen molar-refractivity contribution < 1.29 is 15.3 Å². The standard InChI is InChI=1S/C42H36O3/c43-39-21-18-32(25-36(39)29-11-4-1-5-12-29)33-17-10-24-42(28-33,34-19-22-40(44)37(26-34)30-13-6-2-7-14-30)35-20-23-41(45)38(27-35)31-15-8-3-9-16-31/h1-9,11-16,18-23,25-27,33,43-45H,10,17,24,28H2. The molecule has 0 heterocycles. The Morgan fingerprint density at radius 1 is 0.467 bits per heavy atom. The Balaban J connectivity index is 1.39. The number of benzene rings is 6. The summed E-state index contributed by atoms with van der Waals surface area (Å²) in [6, 6.07) is 48.3. The van der Waals surface area contributed by atoms with Crippen LogP contribution in [0.5, 0.6) is 17.2 Å². The predicted molar refractivity (Wildman–Crippen MR) is 183 cm³/mol. The quantitative estimate of drug-likeness (QED) is 0.181. The van der Waals surface area contributed by atoms with Crippen LogP contribution in [0.4, 0.5) is 0 Å². The highest BCUT2D eigenvalue weighted by molar-refractivity contribution is 5.74. The molecule has 1 unspecified atom stereocenters. The van der Waals surface area contributed by atoms with Gasteiger partial charge in [-0.05, 0) is 95.0 Å². The second kappa shape index (κ2) is 12.0. The molecule has 3 nitrogen and oxygen atoms in total. The first-order valence-corrected chi connectivity index (χ1v) is 15.7. The number of aromatic hydroxyl groups is 3. The maximum absolute atomic E-state index is 11.0. The summed E-state index contributed by atoms with van der Waals surface area (Å²) in [4.78, 5) is 0. The zero-order valence-corrected chi connectivity index (χ0v) is 25.1. The molecular formula is C42H36O3. The van der Waals surface area contributed by atoms with Crippen molar-refractivity contribution >= 4 is 0 Å². The van der Waals surface area contributed by atoms with Gasteiger partial charge in [0, 0.05) is 22.1 Å². The van der Waals surface area contributed by atoms with Crippen LogP contribution in [0, 0.1) is 0 Å². The molecule has 222 valence electrons. The molecule has 3 heteroatoms. The van der Waals surface area contributed by atoms with Gasteiger partial charge in [0.1, 0.15) is 17.2 Å². The average molecular weight is 589 g/mol. The van der Waals surface area contributed by atoms with Crippen molar-refractivity contribution in [2.24, 2.45) is 0 Å². The molecule has 1 fully saturated rings. The molecule has 6 aromatic carbocycles. The van der Waals surface area contributed by atoms with Crippen LogP contribution in [-0.2, 0) is 5.41 Å². The van der Waals surface area contributed by atoms with Gasteiger partial charge < -0.3 is 15.3 Å². The van der Waals surface area contributed by atoms with Gasteiger partial charge in [-0.25, -0.2) is 0 Å². The van der Waals surface area contributed by atoms with Crippen LogP contribution in [-0.4, -0.2) is 15.3 Å². The normalized spacial score (nSPS) is 15.9. The highest BCUT2D eigenvalue weighted by Gasteiger charge is 2.41. The van der Waals surface area contributed by atoms with Gasteiger partial charge in [-0.2, -0.15) is 0 Å². The lowest BCUT2D eigenvalue weighted by Gasteiger charge is -2.43. The molecule has 0 aromatic heterocycles. The van der Waals surface area contributed by atoms with Crippen molar-refractivity contribution in [1.29, 1.82) is 0 Å². The fourth-order valence-electron chi connectivity index (χ4n) is 7.27. The minimum Gasteiger partial charge on any atom is -0.507 e. The summed E-state index contributed by atoms with van der Waals surface area (Å²) in [5, 5.41) is 32.8. The number of hydrogen-bond donors (Lipinski definition) is 3. The summed E-state index contributed by atoms with van der Waals surface area (Å²) in [5.74, 6) is 1.04. The Hall–Kier alpha value is -5.28. The maximum atomic E-state index is 11.0. The Kier molecular flexibility index (Phi) is 7.61. The lowest BCUT2D eigenvalue weighted by atomic mass is 9.60. The van der Waals surface area contributed by atoms with E-state index in [1.165, 1.54) is 5.56 Å². The van der Waals surface area contributed by atoms with Crippen LogP contribution in [0.2, 0.25) is 0 Å². The van der Waals surface area contributed by atoms with Gasteiger partial charge in [0.05, 0.1) is 0 Å². The van der Waals surface area contributed by atoms with Gasteiger partial charge in [0.25, 0.3) is 0 Å². The second-order valence-corrected chi connectivity index (χ2v) is 12.2. The van der Waals surface area contributed by atoms with Gasteiger partial charge in [-0.15, -0.1) is 0 Å². The molecule has 0 aliphatic heterocycles. The van der Waals surface area contributed by atoms with E-state index < -0.39 is 0 Å². The van der Waals surface area contributed by atoms with E-state index in [0.717, 1.165) is 70.2 Å². The molecule has 6 aromatic rings. The fraction of sp³-hybridized carbons (Fsp3) is 0.143. The molecule has 0 bridgehead atoms. The molecule has 7 rings (SSSR count). The first kappa shape index (κ1) is 28.5. The molecule has 0 radical (unpaired) electrons. The molecular weight excluding hydrogens is 552 g/mol. The zero-order chi connectivity index (χ0) is 30.8. The van der Waals surface area contributed by atoms with Crippen LogP contribution in [0.1, 0.15) is 48.3 Å². The van der Waals surface area contributed by atoms with E-state index in [1.807, 2.05) is 109 Å². The van der Waals surface area contributed by atoms with Gasteiger partial charge >= 0.3 is 0 Å². The SMILES string of the molecule is Oc1ccc(C2CCCC(c3ccc(O)c(-c4ccccc4)c3)(c3ccc(O)c(-c4ccccc4)c3)C2)cc1-c1ccccc1. The maximum Gasteiger partial charge on any atom is 0.123 e. The highest BCUT2D eigenvalue weighted by Crippen LogP contribution is 2.52. The first-order valence-electron chi connectivity index (χ1n) is 15.7. The Morgan fingerprint density at radius 2 is 0.889 bits per heavy atom. The summed E-state index contributed by atoms with van der Waals surface area (Å²) < 4.78 is 0. The van der Waals surface area contributed by atoms with Gasteiger partial charge in [0.2, 0.25) is 0 Å². The summed E-state index contributed by atoms with van der Waals surface area (Å²) in [6.45, 7) is 0. The Morgan fingerprint density at radius 3 is 1.36 bits per heavy atom. The van der Waals surface area contributed by atoms with Crippen LogP contribution < -0.4 is 0 Å². The summed E-state index contributed by atoms with van der Waals surface area (Å²) in [7, 11) is 0. The number of phenolic OH excluding ortho intramolecular Hbond substituents is 3. The van der Waals surface area contributed by atoms with E-state index in [4.69, 9.17) is 0 Å². The first-order chi connectivity index (χ1) is 22.0. The highest BCUT2D eigenvalue weighted by atomic mass is 16.3. The van der Waals surface area contributed by atoms with Crippen molar-refractivity contribution in [2.45, 2.75) is 37.0 Å². The molecule has 1 atom stereocenters. The third kappa shape index (κ3) is 5.47. The second-order valence-electron chi connectivity index (χ2n) is 12.2. The topological polar surface area (TPSA) is 60.7 Å². The average Bonchev–Trinajstić information content (AvgIpc) is 3.10. The lowest BCUT2D eigenvalue weighted by Crippen LogP contribution is -2.33. The van der Waals surface area contributed by atoms with Crippen LogP contribution in [0.15, 0.2) is 146 Å². The van der Waals surface area contributed by atoms with Crippen molar-refractivity contribution in [3.05, 3.63) is 162 Å². The van der Waals surface area contributed by atoms with Gasteiger partial charge in [-0.3, -0.25) is 0 Å². The van der Waals surface area contributed by atoms with E-state index >= 15 is 0 Å². The largest absolute Gasteiger partial charge is 0.507 e. The number of hydrogen-bond acceptors (Lipinski definition) is 3. The molecule has 3 N–H and O–H groups in total. The van der Waals surface area contributed by atoms with Crippen LogP contribution >= 0.6 is 0 Å². The minimum atomic E-state index is -0.373. The summed E-state index contributed by atoms with van der Waals surface area (Å²) in [6.07, 6.45) is 3.83. The molecule has 1 aliphatic carbocycles. The Bertz CT molecular complexity index is 1840. The van der Waals surface area contributed by atoms with Crippen molar-refractivity contribution in [2.75, 3.05) is 0 Å². The van der Waals surface area contributed by atoms with Gasteiger partial charge in [-0.1, -0.05) is 116 Å². The molecule has 0 amide bonds. The van der Waals surface area contributed by atoms with Crippen molar-refractivity contribution in [1.82, 2.24) is 0 Å². The van der Waals surface area contributed by atoms with E-state index in [9.17, 15) is 15.3 Å². The molecule has 0 spiro atoms. The molecule has 1 aliphatic rings. The van der Waals surface area contributed by atoms with E-state index in [2.05, 4.69) is 36.4 Å². The molecule has 0 saturated heterocycles. The fourth-order valence-corrected chi connectivity index (χ4v) is 7.27. The Labute approximate surface area is 264 Å². The van der Waals surface area contributed by atoms with Gasteiger partial charge in [0.15, 0.2) is 0 Å². The monoisotopic (exact) mass is 588 g/mol. The number of rotatable bonds is 6. The van der Waals surface area contributed by atoms with Crippen LogP contribution in [0.3, 0.4) is 0 Å². The van der Waals surface area contributed by atoms with Crippen molar-refractivity contribution in [3.63, 3.8) is 0 Å². The van der Waals surface area contributed by atoms with Crippen LogP contribution in [0.25, 0.3) is 33.4 Å². The molecule has 45 heavy (non-hydrogen) atoms. The van der Waals surface area contributed by atoms with E-state index in [-0.39, 0.29) is 28.6 Å². The van der Waals surface area contributed by atoms with E-state index in [0.29, 0.717) is 0 Å². The third-order valence-electron chi connectivity index (χ3n) is 9.60. The van der Waals surface area contributed by atoms with Crippen molar-refractivity contribution in [3.8, 4) is 50.6 Å². The smallest absolute Gasteiger partial charge is 0.123 e. The van der Waals surface area contributed by atoms with E-state index in [1.54, 1.807) is 0 Å². The zero-order valence-electron chi connectivity index (χ0n) is 25.1.